The molecule has 0 aliphatic rings. The van der Waals surface area contributed by atoms with Gasteiger partial charge in [0.15, 0.2) is 0 Å². The quantitative estimate of drug-likeness (QED) is 0.597. The molecule has 0 aliphatic heterocycles. The lowest BCUT2D eigenvalue weighted by atomic mass is 10.3. The van der Waals surface area contributed by atoms with Gasteiger partial charge in [-0.2, -0.15) is 0 Å². The molecule has 0 spiro atoms. The average Bonchev–Trinajstić information content (AvgIpc) is 1.79. The Bertz CT molecular complexity index is 122. The van der Waals surface area contributed by atoms with E-state index in [0.29, 0.717) is 6.42 Å². The van der Waals surface area contributed by atoms with E-state index in [9.17, 15) is 4.79 Å². The van der Waals surface area contributed by atoms with Gasteiger partial charge in [-0.15, -0.1) is 8.53 Å². The lowest BCUT2D eigenvalue weighted by Gasteiger charge is -1.95. The molecule has 2 nitrogen and oxygen atoms in total. The summed E-state index contributed by atoms with van der Waals surface area (Å²) >= 11 is 3.41. The third-order valence-corrected chi connectivity index (χ3v) is 3.77. The number of carbonyl (C=O) groups is 1. The number of hydrogen-bond acceptors (Lipinski definition) is 1. The summed E-state index contributed by atoms with van der Waals surface area (Å²) in [6.45, 7) is 0. The molecule has 1 unspecified atom stereocenters. The monoisotopic (exact) mass is 244 g/mol. The lowest BCUT2D eigenvalue weighted by Crippen LogP contribution is -1.93. The fourth-order valence-corrected chi connectivity index (χ4v) is 2.49. The largest absolute Gasteiger partial charge is 0.481 e. The number of carboxylic acid groups (broad SMARTS) is 1. The Labute approximate surface area is 71.6 Å². The lowest BCUT2D eigenvalue weighted by molar-refractivity contribution is -0.137. The van der Waals surface area contributed by atoms with Crippen LogP contribution in [0.1, 0.15) is 19.3 Å². The molecular formula is C5H11BrO2P2. The van der Waals surface area contributed by atoms with E-state index in [4.69, 9.17) is 5.11 Å². The summed E-state index contributed by atoms with van der Waals surface area (Å²) in [5.74, 6) is -1.20. The van der Waals surface area contributed by atoms with Crippen molar-refractivity contribution in [3.05, 3.63) is 0 Å². The van der Waals surface area contributed by atoms with Gasteiger partial charge in [0.05, 0.1) is 0 Å². The molecule has 0 aromatic rings. The average molecular weight is 245 g/mol. The first kappa shape index (κ1) is 10.7. The molecule has 0 aliphatic carbocycles. The standard InChI is InChI=1S/C5H11BrO2P2/c6-10(9)4-2-1-3-5(7)8/h9-10H,1-4H2,(H,7,8). The normalized spacial score (nSPS) is 12.9. The van der Waals surface area contributed by atoms with Gasteiger partial charge in [-0.3, -0.25) is 4.79 Å². The van der Waals surface area contributed by atoms with Crippen LogP contribution in [0, 0.1) is 0 Å². The molecule has 1 N–H and O–H groups in total. The van der Waals surface area contributed by atoms with Crippen LogP contribution in [0.25, 0.3) is 0 Å². The molecule has 0 fully saturated rings. The molecule has 0 heterocycles. The summed E-state index contributed by atoms with van der Waals surface area (Å²) in [5, 5.41) is 8.26. The third kappa shape index (κ3) is 8.68. The highest BCUT2D eigenvalue weighted by Crippen LogP contribution is 2.37. The summed E-state index contributed by atoms with van der Waals surface area (Å²) in [4.78, 5) is 10.0. The van der Waals surface area contributed by atoms with Crippen LogP contribution in [-0.4, -0.2) is 17.2 Å². The molecule has 1 atom stereocenters. The van der Waals surface area contributed by atoms with Crippen LogP contribution in [0.4, 0.5) is 0 Å². The van der Waals surface area contributed by atoms with Crippen molar-refractivity contribution in [3.63, 3.8) is 0 Å². The summed E-state index contributed by atoms with van der Waals surface area (Å²) in [5.41, 5.74) is 0. The molecular weight excluding hydrogens is 234 g/mol. The maximum Gasteiger partial charge on any atom is 0.303 e. The maximum atomic E-state index is 10.0. The zero-order valence-corrected chi connectivity index (χ0v) is 9.15. The van der Waals surface area contributed by atoms with Gasteiger partial charge >= 0.3 is 5.97 Å². The summed E-state index contributed by atoms with van der Waals surface area (Å²) < 4.78 is 0. The summed E-state index contributed by atoms with van der Waals surface area (Å²) in [6.07, 6.45) is 3.16. The van der Waals surface area contributed by atoms with Crippen molar-refractivity contribution in [1.82, 2.24) is 0 Å². The van der Waals surface area contributed by atoms with E-state index in [0.717, 1.165) is 19.0 Å². The Balaban J connectivity index is 3.06. The zero-order valence-electron chi connectivity index (χ0n) is 5.56. The van der Waals surface area contributed by atoms with Crippen molar-refractivity contribution in [2.45, 2.75) is 19.3 Å². The van der Waals surface area contributed by atoms with Crippen LogP contribution in [0.3, 0.4) is 0 Å². The molecule has 0 aromatic carbocycles. The Kier molecular flexibility index (Phi) is 6.83. The molecule has 0 saturated carbocycles. The van der Waals surface area contributed by atoms with E-state index < -0.39 is 11.9 Å². The minimum atomic E-state index is -0.697. The Morgan fingerprint density at radius 2 is 2.20 bits per heavy atom. The molecule has 5 heteroatoms. The topological polar surface area (TPSA) is 37.3 Å². The van der Waals surface area contributed by atoms with Crippen molar-refractivity contribution in [2.24, 2.45) is 0 Å². The van der Waals surface area contributed by atoms with Crippen LogP contribution in [0.2, 0.25) is 0 Å². The smallest absolute Gasteiger partial charge is 0.303 e. The van der Waals surface area contributed by atoms with Crippen molar-refractivity contribution in [1.29, 1.82) is 0 Å². The van der Waals surface area contributed by atoms with Gasteiger partial charge in [-0.25, -0.2) is 0 Å². The number of carboxylic acids is 1. The fraction of sp³-hybridized carbons (Fsp3) is 0.800. The highest BCUT2D eigenvalue weighted by Gasteiger charge is 1.95. The van der Waals surface area contributed by atoms with Crippen LogP contribution >= 0.6 is 29.9 Å². The molecule has 0 bridgehead atoms. The molecule has 10 heavy (non-hydrogen) atoms. The van der Waals surface area contributed by atoms with Gasteiger partial charge in [0.2, 0.25) is 0 Å². The van der Waals surface area contributed by atoms with Gasteiger partial charge in [-0.1, -0.05) is 15.5 Å². The van der Waals surface area contributed by atoms with E-state index in [1.165, 1.54) is 0 Å². The third-order valence-electron chi connectivity index (χ3n) is 1.04. The molecule has 0 radical (unpaired) electrons. The van der Waals surface area contributed by atoms with Gasteiger partial charge < -0.3 is 5.11 Å². The van der Waals surface area contributed by atoms with E-state index in [2.05, 4.69) is 24.0 Å². The van der Waals surface area contributed by atoms with Crippen molar-refractivity contribution < 1.29 is 9.90 Å². The van der Waals surface area contributed by atoms with Crippen molar-refractivity contribution in [2.75, 3.05) is 6.16 Å². The second kappa shape index (κ2) is 6.39. The van der Waals surface area contributed by atoms with Crippen molar-refractivity contribution >= 4 is 35.9 Å². The number of aliphatic carboxylic acids is 1. The van der Waals surface area contributed by atoms with E-state index in [-0.39, 0.29) is 0 Å². The SMILES string of the molecule is O=C(O)CCCC[PH](=P)Br. The van der Waals surface area contributed by atoms with Gasteiger partial charge in [0.1, 0.15) is 0 Å². The first-order chi connectivity index (χ1) is 4.63. The number of rotatable bonds is 5. The van der Waals surface area contributed by atoms with E-state index in [1.807, 2.05) is 0 Å². The van der Waals surface area contributed by atoms with Gasteiger partial charge in [0, 0.05) is 6.42 Å². The maximum absolute atomic E-state index is 10.0. The molecule has 0 saturated heterocycles. The number of unbranched alkanes of at least 4 members (excludes halogenated alkanes) is 1. The second-order valence-corrected chi connectivity index (χ2v) is 10.2. The molecule has 0 aromatic heterocycles. The fourth-order valence-electron chi connectivity index (χ4n) is 0.556. The second-order valence-electron chi connectivity index (χ2n) is 2.01. The molecule has 0 rings (SSSR count). The minimum absolute atomic E-state index is 0.300. The van der Waals surface area contributed by atoms with Crippen molar-refractivity contribution in [3.8, 4) is 0 Å². The van der Waals surface area contributed by atoms with Gasteiger partial charge in [-0.05, 0) is 24.9 Å². The van der Waals surface area contributed by atoms with Crippen LogP contribution < -0.4 is 0 Å². The molecule has 60 valence electrons. The van der Waals surface area contributed by atoms with Crippen LogP contribution in [0.15, 0.2) is 0 Å². The minimum Gasteiger partial charge on any atom is -0.481 e. The Hall–Kier alpha value is 0.680. The predicted octanol–water partition coefficient (Wildman–Crippen LogP) is 2.82. The summed E-state index contributed by atoms with van der Waals surface area (Å²) in [7, 11) is 3.46. The summed E-state index contributed by atoms with van der Waals surface area (Å²) in [6, 6.07) is 0. The zero-order chi connectivity index (χ0) is 7.98. The Morgan fingerprint density at radius 1 is 1.60 bits per heavy atom. The van der Waals surface area contributed by atoms with Gasteiger partial charge in [0.25, 0.3) is 0 Å². The van der Waals surface area contributed by atoms with Crippen LogP contribution in [0.5, 0.6) is 0 Å². The van der Waals surface area contributed by atoms with E-state index >= 15 is 0 Å². The predicted molar refractivity (Wildman–Crippen MR) is 51.9 cm³/mol. The van der Waals surface area contributed by atoms with Crippen LogP contribution in [-0.2, 0) is 4.79 Å². The molecule has 0 amide bonds. The first-order valence-corrected chi connectivity index (χ1v) is 8.54. The highest BCUT2D eigenvalue weighted by molar-refractivity contribution is 9.40. The highest BCUT2D eigenvalue weighted by atomic mass is 79.9. The Morgan fingerprint density at radius 3 is 2.60 bits per heavy atom. The number of halogens is 1. The van der Waals surface area contributed by atoms with E-state index in [1.54, 1.807) is 0 Å². The first-order valence-electron chi connectivity index (χ1n) is 3.07. The number of hydrogen-bond donors (Lipinski definition) is 1.